The first kappa shape index (κ1) is 19.2. The summed E-state index contributed by atoms with van der Waals surface area (Å²) >= 11 is 3.48. The molecule has 32 heavy (non-hydrogen) atoms. The van der Waals surface area contributed by atoms with Crippen LogP contribution in [0, 0.1) is 0 Å². The van der Waals surface area contributed by atoms with Crippen molar-refractivity contribution in [2.75, 3.05) is 0 Å². The summed E-state index contributed by atoms with van der Waals surface area (Å²) in [6.45, 7) is 0.847. The van der Waals surface area contributed by atoms with Crippen LogP contribution in [0.1, 0.15) is 46.1 Å². The molecule has 6 rings (SSSR count). The molecule has 1 aliphatic rings. The molecule has 9 heteroatoms. The van der Waals surface area contributed by atoms with Gasteiger partial charge in [-0.1, -0.05) is 22.0 Å². The molecular formula is C23H20BrN7O. The maximum atomic E-state index is 12.6. The van der Waals surface area contributed by atoms with Crippen molar-refractivity contribution in [1.82, 2.24) is 33.9 Å². The van der Waals surface area contributed by atoms with E-state index in [9.17, 15) is 4.79 Å². The second kappa shape index (κ2) is 7.59. The van der Waals surface area contributed by atoms with E-state index in [1.54, 1.807) is 23.4 Å². The van der Waals surface area contributed by atoms with Gasteiger partial charge in [0, 0.05) is 29.3 Å². The highest BCUT2D eigenvalue weighted by molar-refractivity contribution is 9.10. The number of imidazole rings is 2. The largest absolute Gasteiger partial charge is 0.346 e. The van der Waals surface area contributed by atoms with E-state index in [0.29, 0.717) is 24.6 Å². The summed E-state index contributed by atoms with van der Waals surface area (Å²) in [5.41, 5.74) is 5.47. The number of rotatable bonds is 6. The first-order chi connectivity index (χ1) is 15.6. The molecule has 1 saturated carbocycles. The van der Waals surface area contributed by atoms with Gasteiger partial charge in [-0.25, -0.2) is 9.97 Å². The van der Waals surface area contributed by atoms with E-state index in [1.807, 2.05) is 28.9 Å². The second-order valence-electron chi connectivity index (χ2n) is 8.17. The SMILES string of the molecule is O=C(NCc1ncn2ccc(Br)cc12)c1cnn(Cc2cn3cc(C4CC4)ccc3n2)c1. The van der Waals surface area contributed by atoms with Crippen LogP contribution in [0.3, 0.4) is 0 Å². The van der Waals surface area contributed by atoms with E-state index in [4.69, 9.17) is 0 Å². The maximum Gasteiger partial charge on any atom is 0.254 e. The van der Waals surface area contributed by atoms with Crippen molar-refractivity contribution in [3.8, 4) is 0 Å². The van der Waals surface area contributed by atoms with Crippen LogP contribution < -0.4 is 5.32 Å². The third kappa shape index (κ3) is 3.69. The van der Waals surface area contributed by atoms with E-state index < -0.39 is 0 Å². The minimum atomic E-state index is -0.184. The Labute approximate surface area is 192 Å². The highest BCUT2D eigenvalue weighted by Gasteiger charge is 2.23. The Hall–Kier alpha value is -3.46. The zero-order valence-corrected chi connectivity index (χ0v) is 18.7. The molecule has 160 valence electrons. The number of nitrogens with zero attached hydrogens (tertiary/aromatic N) is 6. The minimum Gasteiger partial charge on any atom is -0.346 e. The van der Waals surface area contributed by atoms with E-state index >= 15 is 0 Å². The number of fused-ring (bicyclic) bond motifs is 2. The van der Waals surface area contributed by atoms with Crippen LogP contribution in [0.15, 0.2) is 66.0 Å². The average Bonchev–Trinajstić information content (AvgIpc) is 3.21. The Balaban J connectivity index is 1.13. The number of carbonyl (C=O) groups is 1. The predicted molar refractivity (Wildman–Crippen MR) is 123 cm³/mol. The lowest BCUT2D eigenvalue weighted by atomic mass is 10.2. The first-order valence-electron chi connectivity index (χ1n) is 10.5. The van der Waals surface area contributed by atoms with Crippen LogP contribution >= 0.6 is 15.9 Å². The van der Waals surface area contributed by atoms with E-state index in [-0.39, 0.29) is 5.91 Å². The monoisotopic (exact) mass is 489 g/mol. The Kier molecular flexibility index (Phi) is 4.57. The zero-order chi connectivity index (χ0) is 21.7. The number of carbonyl (C=O) groups excluding carboxylic acids is 1. The Morgan fingerprint density at radius 1 is 1.16 bits per heavy atom. The van der Waals surface area contributed by atoms with Crippen molar-refractivity contribution in [3.63, 3.8) is 0 Å². The van der Waals surface area contributed by atoms with Gasteiger partial charge in [-0.05, 0) is 42.5 Å². The van der Waals surface area contributed by atoms with Crippen LogP contribution in [0.5, 0.6) is 0 Å². The topological polar surface area (TPSA) is 81.5 Å². The summed E-state index contributed by atoms with van der Waals surface area (Å²) in [5.74, 6) is 0.524. The molecule has 0 radical (unpaired) electrons. The summed E-state index contributed by atoms with van der Waals surface area (Å²) < 4.78 is 6.71. The lowest BCUT2D eigenvalue weighted by Crippen LogP contribution is -2.22. The lowest BCUT2D eigenvalue weighted by Gasteiger charge is -2.02. The summed E-state index contributed by atoms with van der Waals surface area (Å²) in [5, 5.41) is 7.28. The van der Waals surface area contributed by atoms with Gasteiger partial charge in [-0.3, -0.25) is 9.48 Å². The smallest absolute Gasteiger partial charge is 0.254 e. The number of pyridine rings is 2. The van der Waals surface area contributed by atoms with Crippen molar-refractivity contribution in [2.45, 2.75) is 31.8 Å². The van der Waals surface area contributed by atoms with Gasteiger partial charge in [0.2, 0.25) is 0 Å². The molecule has 8 nitrogen and oxygen atoms in total. The van der Waals surface area contributed by atoms with Crippen LogP contribution in [0.4, 0.5) is 0 Å². The number of hydrogen-bond acceptors (Lipinski definition) is 4. The summed E-state index contributed by atoms with van der Waals surface area (Å²) in [6.07, 6.45) is 13.8. The van der Waals surface area contributed by atoms with Crippen molar-refractivity contribution in [1.29, 1.82) is 0 Å². The highest BCUT2D eigenvalue weighted by atomic mass is 79.9. The predicted octanol–water partition coefficient (Wildman–Crippen LogP) is 3.80. The summed E-state index contributed by atoms with van der Waals surface area (Å²) in [6, 6.07) is 8.16. The molecule has 1 aliphatic carbocycles. The van der Waals surface area contributed by atoms with Gasteiger partial charge in [0.15, 0.2) is 0 Å². The van der Waals surface area contributed by atoms with Gasteiger partial charge in [-0.2, -0.15) is 5.10 Å². The minimum absolute atomic E-state index is 0.184. The van der Waals surface area contributed by atoms with Gasteiger partial charge in [0.1, 0.15) is 5.65 Å². The normalized spacial score (nSPS) is 13.8. The van der Waals surface area contributed by atoms with Crippen molar-refractivity contribution in [3.05, 3.63) is 88.6 Å². The molecular weight excluding hydrogens is 470 g/mol. The Morgan fingerprint density at radius 3 is 2.94 bits per heavy atom. The van der Waals surface area contributed by atoms with Crippen molar-refractivity contribution in [2.24, 2.45) is 0 Å². The van der Waals surface area contributed by atoms with Crippen LogP contribution in [-0.2, 0) is 13.1 Å². The molecule has 0 saturated heterocycles. The van der Waals surface area contributed by atoms with Crippen molar-refractivity contribution < 1.29 is 4.79 Å². The number of hydrogen-bond donors (Lipinski definition) is 1. The van der Waals surface area contributed by atoms with Crippen LogP contribution in [-0.4, -0.2) is 34.5 Å². The fourth-order valence-corrected chi connectivity index (χ4v) is 4.28. The highest BCUT2D eigenvalue weighted by Crippen LogP contribution is 2.39. The quantitative estimate of drug-likeness (QED) is 0.393. The first-order valence-corrected chi connectivity index (χ1v) is 11.3. The molecule has 0 unspecified atom stereocenters. The van der Waals surface area contributed by atoms with Crippen LogP contribution in [0.2, 0.25) is 0 Å². The molecule has 1 N–H and O–H groups in total. The molecule has 0 aliphatic heterocycles. The molecule has 0 atom stereocenters. The fraction of sp³-hybridized carbons (Fsp3) is 0.217. The third-order valence-corrected chi connectivity index (χ3v) is 6.28. The molecule has 5 aromatic heterocycles. The Morgan fingerprint density at radius 2 is 2.06 bits per heavy atom. The number of aromatic nitrogens is 6. The summed E-state index contributed by atoms with van der Waals surface area (Å²) in [4.78, 5) is 21.7. The molecule has 0 bridgehead atoms. The third-order valence-electron chi connectivity index (χ3n) is 5.79. The molecule has 0 spiro atoms. The Bertz CT molecular complexity index is 1460. The average molecular weight is 490 g/mol. The zero-order valence-electron chi connectivity index (χ0n) is 17.1. The van der Waals surface area contributed by atoms with Gasteiger partial charge in [-0.15, -0.1) is 0 Å². The van der Waals surface area contributed by atoms with Gasteiger partial charge < -0.3 is 14.1 Å². The van der Waals surface area contributed by atoms with E-state index in [2.05, 4.69) is 59.0 Å². The van der Waals surface area contributed by atoms with Gasteiger partial charge in [0.05, 0.1) is 48.1 Å². The summed E-state index contributed by atoms with van der Waals surface area (Å²) in [7, 11) is 0. The molecule has 5 heterocycles. The lowest BCUT2D eigenvalue weighted by molar-refractivity contribution is 0.0950. The number of amides is 1. The number of nitrogens with one attached hydrogen (secondary N) is 1. The molecule has 5 aromatic rings. The number of halogens is 1. The van der Waals surface area contributed by atoms with Crippen molar-refractivity contribution >= 4 is 33.0 Å². The standard InChI is InChI=1S/C23H20BrN7O/c24-18-5-6-29-14-26-20(21(29)7-18)9-25-23(32)17-8-27-31(11-17)13-19-12-30-10-16(15-1-2-15)3-4-22(30)28-19/h3-8,10-12,14-15H,1-2,9,13H2,(H,25,32). The second-order valence-corrected chi connectivity index (χ2v) is 9.09. The van der Waals surface area contributed by atoms with E-state index in [0.717, 1.165) is 27.0 Å². The fourth-order valence-electron chi connectivity index (χ4n) is 3.95. The van der Waals surface area contributed by atoms with Gasteiger partial charge in [0.25, 0.3) is 5.91 Å². The molecule has 1 amide bonds. The molecule has 0 aromatic carbocycles. The molecule has 1 fully saturated rings. The van der Waals surface area contributed by atoms with E-state index in [1.165, 1.54) is 18.4 Å². The van der Waals surface area contributed by atoms with Gasteiger partial charge >= 0.3 is 0 Å². The maximum absolute atomic E-state index is 12.6. The van der Waals surface area contributed by atoms with Crippen LogP contribution in [0.25, 0.3) is 11.2 Å².